The molecule has 0 spiro atoms. The van der Waals surface area contributed by atoms with Crippen LogP contribution in [0.15, 0.2) is 18.6 Å². The van der Waals surface area contributed by atoms with E-state index in [-0.39, 0.29) is 30.4 Å². The SMILES string of the molecule is COC(=O)C1CC(=O)CN1C(=O)C(NC(=O)[C@@H](NC(=O)c1cnccn1)C1CCCCC1)C(C)(C)C. The van der Waals surface area contributed by atoms with Crippen molar-refractivity contribution in [3.05, 3.63) is 24.3 Å². The van der Waals surface area contributed by atoms with E-state index in [2.05, 4.69) is 20.6 Å². The molecule has 3 rings (SSSR count). The Balaban J connectivity index is 1.84. The minimum Gasteiger partial charge on any atom is -0.467 e. The highest BCUT2D eigenvalue weighted by Crippen LogP contribution is 2.29. The van der Waals surface area contributed by atoms with Gasteiger partial charge in [0.05, 0.1) is 19.9 Å². The summed E-state index contributed by atoms with van der Waals surface area (Å²) < 4.78 is 4.78. The van der Waals surface area contributed by atoms with E-state index in [1.807, 2.05) is 0 Å². The second kappa shape index (κ2) is 11.6. The topological polar surface area (TPSA) is 148 Å². The van der Waals surface area contributed by atoms with E-state index in [9.17, 15) is 24.0 Å². The van der Waals surface area contributed by atoms with E-state index in [1.54, 1.807) is 20.8 Å². The van der Waals surface area contributed by atoms with Crippen LogP contribution in [-0.2, 0) is 23.9 Å². The molecule has 0 radical (unpaired) electrons. The van der Waals surface area contributed by atoms with Crippen molar-refractivity contribution in [3.8, 4) is 0 Å². The normalized spacial score (nSPS) is 20.4. The lowest BCUT2D eigenvalue weighted by molar-refractivity contribution is -0.153. The lowest BCUT2D eigenvalue weighted by Crippen LogP contribution is -2.61. The molecule has 1 aliphatic heterocycles. The van der Waals surface area contributed by atoms with Crippen molar-refractivity contribution < 1.29 is 28.7 Å². The van der Waals surface area contributed by atoms with Gasteiger partial charge >= 0.3 is 5.97 Å². The lowest BCUT2D eigenvalue weighted by Gasteiger charge is -2.37. The molecule has 3 atom stereocenters. The maximum Gasteiger partial charge on any atom is 0.329 e. The molecular formula is C25H35N5O6. The van der Waals surface area contributed by atoms with Gasteiger partial charge < -0.3 is 20.3 Å². The predicted molar refractivity (Wildman–Crippen MR) is 128 cm³/mol. The molecule has 36 heavy (non-hydrogen) atoms. The number of nitrogens with one attached hydrogen (secondary N) is 2. The number of methoxy groups -OCH3 is 1. The number of hydrogen-bond donors (Lipinski definition) is 2. The second-order valence-electron chi connectivity index (χ2n) is 10.5. The zero-order valence-corrected chi connectivity index (χ0v) is 21.3. The highest BCUT2D eigenvalue weighted by molar-refractivity contribution is 6.01. The zero-order valence-electron chi connectivity index (χ0n) is 21.3. The standard InChI is InChI=1S/C25H35N5O6/c1-25(2,3)20(23(34)30-14-16(31)12-18(30)24(35)36-4)29-22(33)19(15-8-6-5-7-9-15)28-21(32)17-13-26-10-11-27-17/h10-11,13,15,18-20H,5-9,12,14H2,1-4H3,(H,28,32)(H,29,33)/t18?,19-,20?/m0/s1. The summed E-state index contributed by atoms with van der Waals surface area (Å²) in [5.41, 5.74) is -0.656. The van der Waals surface area contributed by atoms with Crippen LogP contribution < -0.4 is 10.6 Å². The van der Waals surface area contributed by atoms with Gasteiger partial charge in [0.2, 0.25) is 11.8 Å². The van der Waals surface area contributed by atoms with Crippen LogP contribution in [0.1, 0.15) is 69.8 Å². The van der Waals surface area contributed by atoms with Gasteiger partial charge in [-0.25, -0.2) is 9.78 Å². The summed E-state index contributed by atoms with van der Waals surface area (Å²) in [7, 11) is 1.20. The Kier molecular flexibility index (Phi) is 8.75. The lowest BCUT2D eigenvalue weighted by atomic mass is 9.82. The number of carbonyl (C=O) groups is 5. The number of rotatable bonds is 7. The summed E-state index contributed by atoms with van der Waals surface area (Å²) in [5, 5.41) is 5.64. The summed E-state index contributed by atoms with van der Waals surface area (Å²) in [6, 6.07) is -2.95. The quantitative estimate of drug-likeness (QED) is 0.527. The van der Waals surface area contributed by atoms with E-state index in [0.717, 1.165) is 32.1 Å². The Morgan fingerprint density at radius 1 is 1.08 bits per heavy atom. The van der Waals surface area contributed by atoms with Crippen LogP contribution in [0.2, 0.25) is 0 Å². The van der Waals surface area contributed by atoms with Crippen molar-refractivity contribution in [1.82, 2.24) is 25.5 Å². The fourth-order valence-corrected chi connectivity index (χ4v) is 4.81. The molecule has 11 heteroatoms. The molecule has 3 amide bonds. The highest BCUT2D eigenvalue weighted by Gasteiger charge is 2.46. The van der Waals surface area contributed by atoms with Crippen molar-refractivity contribution in [3.63, 3.8) is 0 Å². The first kappa shape index (κ1) is 27.2. The van der Waals surface area contributed by atoms with Crippen LogP contribution in [-0.4, -0.2) is 76.1 Å². The Morgan fingerprint density at radius 2 is 1.78 bits per heavy atom. The molecule has 0 bridgehead atoms. The largest absolute Gasteiger partial charge is 0.467 e. The Morgan fingerprint density at radius 3 is 2.36 bits per heavy atom. The number of esters is 1. The highest BCUT2D eigenvalue weighted by atomic mass is 16.5. The van der Waals surface area contributed by atoms with Crippen molar-refractivity contribution >= 4 is 29.5 Å². The Labute approximate surface area is 210 Å². The molecule has 2 aliphatic rings. The van der Waals surface area contributed by atoms with Crippen LogP contribution >= 0.6 is 0 Å². The average Bonchev–Trinajstić information content (AvgIpc) is 3.26. The van der Waals surface area contributed by atoms with Gasteiger partial charge in [0.1, 0.15) is 23.8 Å². The first-order valence-electron chi connectivity index (χ1n) is 12.3. The number of ether oxygens (including phenoxy) is 1. The van der Waals surface area contributed by atoms with Gasteiger partial charge in [-0.05, 0) is 24.2 Å². The van der Waals surface area contributed by atoms with Gasteiger partial charge in [0.15, 0.2) is 5.78 Å². The van der Waals surface area contributed by atoms with Crippen LogP contribution in [0, 0.1) is 11.3 Å². The summed E-state index contributed by atoms with van der Waals surface area (Å²) in [4.78, 5) is 73.5. The van der Waals surface area contributed by atoms with Gasteiger partial charge in [-0.15, -0.1) is 0 Å². The Bertz CT molecular complexity index is 986. The van der Waals surface area contributed by atoms with Gasteiger partial charge in [0.25, 0.3) is 5.91 Å². The Hall–Kier alpha value is -3.37. The van der Waals surface area contributed by atoms with Gasteiger partial charge in [-0.2, -0.15) is 0 Å². The first-order chi connectivity index (χ1) is 17.0. The maximum absolute atomic E-state index is 13.6. The van der Waals surface area contributed by atoms with Gasteiger partial charge in [-0.1, -0.05) is 40.0 Å². The fraction of sp³-hybridized carbons (Fsp3) is 0.640. The smallest absolute Gasteiger partial charge is 0.329 e. The molecule has 0 aromatic carbocycles. The summed E-state index contributed by atoms with van der Waals surface area (Å²) in [6.07, 6.45) is 8.51. The molecule has 1 aromatic rings. The van der Waals surface area contributed by atoms with Crippen molar-refractivity contribution in [2.45, 2.75) is 77.4 Å². The third kappa shape index (κ3) is 6.44. The third-order valence-electron chi connectivity index (χ3n) is 6.79. The molecular weight excluding hydrogens is 466 g/mol. The number of carbonyl (C=O) groups excluding carboxylic acids is 5. The number of amides is 3. The third-order valence-corrected chi connectivity index (χ3v) is 6.79. The van der Waals surface area contributed by atoms with Crippen LogP contribution in [0.5, 0.6) is 0 Å². The van der Waals surface area contributed by atoms with Gasteiger partial charge in [-0.3, -0.25) is 24.2 Å². The zero-order chi connectivity index (χ0) is 26.5. The number of aromatic nitrogens is 2. The minimum absolute atomic E-state index is 0.0889. The molecule has 1 saturated carbocycles. The molecule has 2 N–H and O–H groups in total. The summed E-state index contributed by atoms with van der Waals surface area (Å²) in [6.45, 7) is 5.13. The molecule has 11 nitrogen and oxygen atoms in total. The molecule has 2 heterocycles. The molecule has 1 aromatic heterocycles. The van der Waals surface area contributed by atoms with Crippen LogP contribution in [0.4, 0.5) is 0 Å². The second-order valence-corrected chi connectivity index (χ2v) is 10.5. The number of nitrogens with zero attached hydrogens (tertiary/aromatic N) is 3. The number of hydrogen-bond acceptors (Lipinski definition) is 8. The molecule has 1 saturated heterocycles. The number of Topliss-reactive ketones (excluding diaryl/α,β-unsaturated/α-hetero) is 1. The molecule has 1 aliphatic carbocycles. The van der Waals surface area contributed by atoms with E-state index >= 15 is 0 Å². The monoisotopic (exact) mass is 501 g/mol. The fourth-order valence-electron chi connectivity index (χ4n) is 4.81. The van der Waals surface area contributed by atoms with Crippen LogP contribution in [0.25, 0.3) is 0 Å². The van der Waals surface area contributed by atoms with E-state index < -0.39 is 47.2 Å². The molecule has 196 valence electrons. The number of likely N-dealkylation sites (tertiary alicyclic amines) is 1. The summed E-state index contributed by atoms with van der Waals surface area (Å²) >= 11 is 0. The summed E-state index contributed by atoms with van der Waals surface area (Å²) in [5.74, 6) is -2.60. The van der Waals surface area contributed by atoms with Crippen molar-refractivity contribution in [2.75, 3.05) is 13.7 Å². The maximum atomic E-state index is 13.6. The van der Waals surface area contributed by atoms with E-state index in [4.69, 9.17) is 4.74 Å². The van der Waals surface area contributed by atoms with E-state index in [1.165, 1.54) is 30.6 Å². The van der Waals surface area contributed by atoms with Gasteiger partial charge in [0, 0.05) is 18.8 Å². The first-order valence-corrected chi connectivity index (χ1v) is 12.3. The minimum atomic E-state index is -1.04. The van der Waals surface area contributed by atoms with E-state index in [0.29, 0.717) is 0 Å². The van der Waals surface area contributed by atoms with Crippen LogP contribution in [0.3, 0.4) is 0 Å². The van der Waals surface area contributed by atoms with Crippen molar-refractivity contribution in [1.29, 1.82) is 0 Å². The predicted octanol–water partition coefficient (Wildman–Crippen LogP) is 1.03. The molecule has 2 unspecified atom stereocenters. The average molecular weight is 502 g/mol. The molecule has 2 fully saturated rings. The number of ketones is 1. The van der Waals surface area contributed by atoms with Crippen molar-refractivity contribution in [2.24, 2.45) is 11.3 Å².